The van der Waals surface area contributed by atoms with Crippen LogP contribution in [0.4, 0.5) is 5.69 Å². The van der Waals surface area contributed by atoms with Crippen LogP contribution in [0.25, 0.3) is 17.4 Å². The van der Waals surface area contributed by atoms with E-state index in [-0.39, 0.29) is 41.0 Å². The Hall–Kier alpha value is -4.68. The summed E-state index contributed by atoms with van der Waals surface area (Å²) in [5.74, 6) is 1.03. The smallest absolute Gasteiger partial charge is 0.338 e. The van der Waals surface area contributed by atoms with E-state index in [9.17, 15) is 19.7 Å². The Labute approximate surface area is 240 Å². The number of allylic oxidation sites excluding steroid dienone is 1. The van der Waals surface area contributed by atoms with Crippen LogP contribution < -0.4 is 24.4 Å². The maximum atomic E-state index is 13.8. The SMILES string of the molecule is CCOC(=O)C1=C(C)N=c2sc(=Cc3ccc(-c4ccc(Cl)cc4[N+](=O)[O-])o3)c(=O)n2C1c1ccc2c(c1)OCO2. The maximum Gasteiger partial charge on any atom is 0.338 e. The van der Waals surface area contributed by atoms with E-state index in [1.165, 1.54) is 28.8 Å². The monoisotopic (exact) mass is 593 g/mol. The number of nitro benzene ring substituents is 1. The fourth-order valence-corrected chi connectivity index (χ4v) is 5.95. The molecule has 0 saturated heterocycles. The largest absolute Gasteiger partial charge is 0.463 e. The number of furan rings is 1. The van der Waals surface area contributed by atoms with Gasteiger partial charge in [-0.2, -0.15) is 0 Å². The number of carbonyl (C=O) groups excluding carboxylic acids is 1. The zero-order valence-electron chi connectivity index (χ0n) is 21.6. The minimum absolute atomic E-state index is 0.0749. The lowest BCUT2D eigenvalue weighted by atomic mass is 9.95. The van der Waals surface area contributed by atoms with Crippen LogP contribution in [-0.4, -0.2) is 28.9 Å². The number of fused-ring (bicyclic) bond motifs is 2. The molecule has 1 unspecified atom stereocenters. The molecular formula is C28H20ClN3O8S. The van der Waals surface area contributed by atoms with E-state index in [0.29, 0.717) is 37.9 Å². The molecule has 2 aromatic heterocycles. The fourth-order valence-electron chi connectivity index (χ4n) is 4.76. The number of hydrogen-bond acceptors (Lipinski definition) is 10. The maximum absolute atomic E-state index is 13.8. The van der Waals surface area contributed by atoms with Crippen molar-refractivity contribution >= 4 is 40.7 Å². The summed E-state index contributed by atoms with van der Waals surface area (Å²) in [4.78, 5) is 42.9. The van der Waals surface area contributed by atoms with E-state index in [0.717, 1.165) is 11.3 Å². The van der Waals surface area contributed by atoms with Gasteiger partial charge in [0.15, 0.2) is 16.3 Å². The van der Waals surface area contributed by atoms with E-state index < -0.39 is 22.5 Å². The van der Waals surface area contributed by atoms with Crippen molar-refractivity contribution in [1.82, 2.24) is 4.57 Å². The standard InChI is InChI=1S/C28H20ClN3O8S/c1-3-37-27(34)24-14(2)30-28-31(25(24)15-4-8-21-22(10-15)39-13-38-21)26(33)23(41-28)12-17-6-9-20(40-17)18-7-5-16(29)11-19(18)32(35)36/h4-12,25H,3,13H2,1-2H3. The number of nitro groups is 1. The van der Waals surface area contributed by atoms with Crippen LogP contribution in [0.2, 0.25) is 5.02 Å². The first kappa shape index (κ1) is 26.5. The number of halogens is 1. The molecule has 0 bridgehead atoms. The summed E-state index contributed by atoms with van der Waals surface area (Å²) in [5.41, 5.74) is 0.923. The Bertz CT molecular complexity index is 1950. The number of rotatable bonds is 6. The lowest BCUT2D eigenvalue weighted by molar-refractivity contribution is -0.384. The van der Waals surface area contributed by atoms with E-state index in [1.807, 2.05) is 0 Å². The second kappa shape index (κ2) is 10.4. The first-order valence-electron chi connectivity index (χ1n) is 12.4. The second-order valence-corrected chi connectivity index (χ2v) is 10.5. The molecule has 0 amide bonds. The van der Waals surface area contributed by atoms with Crippen molar-refractivity contribution in [2.45, 2.75) is 19.9 Å². The minimum Gasteiger partial charge on any atom is -0.463 e. The van der Waals surface area contributed by atoms with Crippen LogP contribution in [0.15, 0.2) is 74.0 Å². The predicted molar refractivity (Wildman–Crippen MR) is 149 cm³/mol. The lowest BCUT2D eigenvalue weighted by Gasteiger charge is -2.24. The molecule has 0 aliphatic carbocycles. The molecule has 0 N–H and O–H groups in total. The molecule has 41 heavy (non-hydrogen) atoms. The number of nitrogens with zero attached hydrogens (tertiary/aromatic N) is 3. The Kier molecular flexibility index (Phi) is 6.72. The summed E-state index contributed by atoms with van der Waals surface area (Å²) in [6, 6.07) is 11.9. The Morgan fingerprint density at radius 1 is 1.22 bits per heavy atom. The van der Waals surface area contributed by atoms with E-state index in [1.54, 1.807) is 44.2 Å². The first-order chi connectivity index (χ1) is 19.7. The minimum atomic E-state index is -0.828. The van der Waals surface area contributed by atoms with Gasteiger partial charge in [-0.3, -0.25) is 19.5 Å². The third kappa shape index (κ3) is 4.70. The van der Waals surface area contributed by atoms with Crippen LogP contribution >= 0.6 is 22.9 Å². The van der Waals surface area contributed by atoms with E-state index >= 15 is 0 Å². The average molecular weight is 594 g/mol. The number of carbonyl (C=O) groups is 1. The van der Waals surface area contributed by atoms with Crippen LogP contribution in [-0.2, 0) is 9.53 Å². The van der Waals surface area contributed by atoms with Crippen LogP contribution in [0.1, 0.15) is 31.2 Å². The van der Waals surface area contributed by atoms with E-state index in [4.69, 9.17) is 30.2 Å². The number of esters is 1. The zero-order chi connectivity index (χ0) is 28.8. The summed E-state index contributed by atoms with van der Waals surface area (Å²) >= 11 is 7.06. The Balaban J connectivity index is 1.47. The summed E-state index contributed by atoms with van der Waals surface area (Å²) in [7, 11) is 0. The second-order valence-electron chi connectivity index (χ2n) is 9.04. The Morgan fingerprint density at radius 3 is 2.80 bits per heavy atom. The summed E-state index contributed by atoms with van der Waals surface area (Å²) < 4.78 is 23.9. The highest BCUT2D eigenvalue weighted by molar-refractivity contribution is 7.07. The number of benzene rings is 2. The van der Waals surface area contributed by atoms with Crippen molar-refractivity contribution in [3.8, 4) is 22.8 Å². The van der Waals surface area contributed by atoms with Crippen LogP contribution in [0.3, 0.4) is 0 Å². The lowest BCUT2D eigenvalue weighted by Crippen LogP contribution is -2.39. The Morgan fingerprint density at radius 2 is 2.02 bits per heavy atom. The van der Waals surface area contributed by atoms with Gasteiger partial charge >= 0.3 is 5.97 Å². The van der Waals surface area contributed by atoms with Crippen molar-refractivity contribution in [2.75, 3.05) is 13.4 Å². The molecule has 208 valence electrons. The number of hydrogen-bond donors (Lipinski definition) is 0. The molecule has 0 radical (unpaired) electrons. The number of ether oxygens (including phenoxy) is 3. The third-order valence-corrected chi connectivity index (χ3v) is 7.77. The fraction of sp³-hybridized carbons (Fsp3) is 0.179. The van der Waals surface area contributed by atoms with Gasteiger partial charge in [-0.05, 0) is 55.8 Å². The molecule has 0 fully saturated rings. The topological polar surface area (TPSA) is 135 Å². The van der Waals surface area contributed by atoms with Crippen molar-refractivity contribution < 1.29 is 28.3 Å². The van der Waals surface area contributed by atoms with Crippen molar-refractivity contribution in [3.05, 3.63) is 106 Å². The molecule has 2 aromatic carbocycles. The predicted octanol–water partition coefficient (Wildman–Crippen LogP) is 4.35. The highest BCUT2D eigenvalue weighted by atomic mass is 35.5. The molecule has 1 atom stereocenters. The number of thiazole rings is 1. The molecule has 2 aliphatic heterocycles. The van der Waals surface area contributed by atoms with Gasteiger partial charge in [-0.1, -0.05) is 29.0 Å². The molecule has 0 saturated carbocycles. The molecule has 6 rings (SSSR count). The van der Waals surface area contributed by atoms with Crippen molar-refractivity contribution in [3.63, 3.8) is 0 Å². The zero-order valence-corrected chi connectivity index (χ0v) is 23.2. The van der Waals surface area contributed by atoms with Gasteiger partial charge < -0.3 is 18.6 Å². The molecule has 11 nitrogen and oxygen atoms in total. The van der Waals surface area contributed by atoms with Gasteiger partial charge in [-0.25, -0.2) is 9.79 Å². The van der Waals surface area contributed by atoms with Gasteiger partial charge in [0.05, 0.1) is 38.9 Å². The molecular weight excluding hydrogens is 574 g/mol. The normalized spacial score (nSPS) is 16.0. The summed E-state index contributed by atoms with van der Waals surface area (Å²) in [5, 5.41) is 11.8. The van der Waals surface area contributed by atoms with Crippen LogP contribution in [0.5, 0.6) is 11.5 Å². The van der Waals surface area contributed by atoms with Gasteiger partial charge in [-0.15, -0.1) is 0 Å². The van der Waals surface area contributed by atoms with Gasteiger partial charge in [0.1, 0.15) is 11.5 Å². The quantitative estimate of drug-likeness (QED) is 0.183. The van der Waals surface area contributed by atoms with Gasteiger partial charge in [0, 0.05) is 17.2 Å². The first-order valence-corrected chi connectivity index (χ1v) is 13.6. The third-order valence-electron chi connectivity index (χ3n) is 6.55. The highest BCUT2D eigenvalue weighted by Gasteiger charge is 2.34. The van der Waals surface area contributed by atoms with Crippen molar-refractivity contribution in [1.29, 1.82) is 0 Å². The van der Waals surface area contributed by atoms with Crippen LogP contribution in [0, 0.1) is 10.1 Å². The summed E-state index contributed by atoms with van der Waals surface area (Å²) in [6.45, 7) is 3.63. The number of aromatic nitrogens is 1. The highest BCUT2D eigenvalue weighted by Crippen LogP contribution is 2.38. The molecule has 0 spiro atoms. The molecule has 13 heteroatoms. The summed E-state index contributed by atoms with van der Waals surface area (Å²) in [6.07, 6.45) is 1.54. The van der Waals surface area contributed by atoms with E-state index in [2.05, 4.69) is 4.99 Å². The van der Waals surface area contributed by atoms with Gasteiger partial charge in [0.2, 0.25) is 6.79 Å². The molecule has 4 heterocycles. The average Bonchev–Trinajstić information content (AvgIpc) is 3.67. The molecule has 2 aliphatic rings. The van der Waals surface area contributed by atoms with Crippen molar-refractivity contribution in [2.24, 2.45) is 4.99 Å². The molecule has 4 aromatic rings. The van der Waals surface area contributed by atoms with Gasteiger partial charge in [0.25, 0.3) is 11.2 Å².